The van der Waals surface area contributed by atoms with E-state index in [2.05, 4.69) is 48.8 Å². The third-order valence-corrected chi connectivity index (χ3v) is 5.91. The summed E-state index contributed by atoms with van der Waals surface area (Å²) in [5.41, 5.74) is 1.83. The standard InChI is InChI=1S/C23H27ClN4/c1-4-13-28-16(2)14-27(15-17(28)3)23-19-10-6-8-12-21(19)25-22(26-23)18-9-5-7-11-20(18)24/h5-12,16-17H,4,13-15H2,1-3H3/t16-,17+. The summed E-state index contributed by atoms with van der Waals surface area (Å²) >= 11 is 6.45. The first-order chi connectivity index (χ1) is 13.6. The van der Waals surface area contributed by atoms with Gasteiger partial charge in [-0.3, -0.25) is 4.90 Å². The molecule has 146 valence electrons. The van der Waals surface area contributed by atoms with Crippen molar-refractivity contribution in [3.8, 4) is 11.4 Å². The second kappa shape index (κ2) is 8.06. The predicted molar refractivity (Wildman–Crippen MR) is 118 cm³/mol. The highest BCUT2D eigenvalue weighted by Crippen LogP contribution is 2.32. The second-order valence-corrected chi connectivity index (χ2v) is 8.12. The Morgan fingerprint density at radius 3 is 2.36 bits per heavy atom. The van der Waals surface area contributed by atoms with Crippen molar-refractivity contribution in [2.45, 2.75) is 39.3 Å². The van der Waals surface area contributed by atoms with Gasteiger partial charge in [-0.25, -0.2) is 9.97 Å². The van der Waals surface area contributed by atoms with Crippen LogP contribution in [0.25, 0.3) is 22.3 Å². The highest BCUT2D eigenvalue weighted by atomic mass is 35.5. The molecule has 0 radical (unpaired) electrons. The largest absolute Gasteiger partial charge is 0.353 e. The summed E-state index contributed by atoms with van der Waals surface area (Å²) < 4.78 is 0. The number of halogens is 1. The second-order valence-electron chi connectivity index (χ2n) is 7.71. The van der Waals surface area contributed by atoms with Gasteiger partial charge in [-0.1, -0.05) is 42.8 Å². The quantitative estimate of drug-likeness (QED) is 0.604. The van der Waals surface area contributed by atoms with Crippen molar-refractivity contribution in [3.63, 3.8) is 0 Å². The van der Waals surface area contributed by atoms with Crippen molar-refractivity contribution < 1.29 is 0 Å². The van der Waals surface area contributed by atoms with E-state index in [1.165, 1.54) is 6.42 Å². The molecular weight excluding hydrogens is 368 g/mol. The van der Waals surface area contributed by atoms with Crippen LogP contribution in [-0.2, 0) is 0 Å². The molecule has 0 bridgehead atoms. The topological polar surface area (TPSA) is 32.3 Å². The number of piperazine rings is 1. The molecule has 2 aromatic carbocycles. The average Bonchev–Trinajstić information content (AvgIpc) is 2.70. The Morgan fingerprint density at radius 1 is 0.964 bits per heavy atom. The molecule has 1 saturated heterocycles. The summed E-state index contributed by atoms with van der Waals surface area (Å²) in [6.45, 7) is 9.96. The minimum Gasteiger partial charge on any atom is -0.353 e. The molecule has 0 unspecified atom stereocenters. The van der Waals surface area contributed by atoms with Crippen LogP contribution in [0.5, 0.6) is 0 Å². The zero-order chi connectivity index (χ0) is 19.7. The van der Waals surface area contributed by atoms with Gasteiger partial charge in [0, 0.05) is 36.1 Å². The van der Waals surface area contributed by atoms with Gasteiger partial charge in [0.1, 0.15) is 5.82 Å². The molecule has 4 nitrogen and oxygen atoms in total. The van der Waals surface area contributed by atoms with Gasteiger partial charge in [0.25, 0.3) is 0 Å². The molecule has 28 heavy (non-hydrogen) atoms. The summed E-state index contributed by atoms with van der Waals surface area (Å²) in [7, 11) is 0. The monoisotopic (exact) mass is 394 g/mol. The number of fused-ring (bicyclic) bond motifs is 1. The molecule has 1 aromatic heterocycles. The molecule has 1 fully saturated rings. The lowest BCUT2D eigenvalue weighted by Crippen LogP contribution is -2.57. The van der Waals surface area contributed by atoms with E-state index in [9.17, 15) is 0 Å². The van der Waals surface area contributed by atoms with E-state index < -0.39 is 0 Å². The third kappa shape index (κ3) is 3.59. The first-order valence-electron chi connectivity index (χ1n) is 10.1. The van der Waals surface area contributed by atoms with Crippen LogP contribution < -0.4 is 4.90 Å². The number of benzene rings is 2. The summed E-state index contributed by atoms with van der Waals surface area (Å²) in [6, 6.07) is 17.0. The molecular formula is C23H27ClN4. The zero-order valence-corrected chi connectivity index (χ0v) is 17.5. The Hall–Kier alpha value is -2.17. The molecule has 2 atom stereocenters. The first kappa shape index (κ1) is 19.2. The number of para-hydroxylation sites is 1. The smallest absolute Gasteiger partial charge is 0.163 e. The van der Waals surface area contributed by atoms with Crippen molar-refractivity contribution in [2.24, 2.45) is 0 Å². The fourth-order valence-electron chi connectivity index (χ4n) is 4.29. The average molecular weight is 395 g/mol. The van der Waals surface area contributed by atoms with E-state index in [4.69, 9.17) is 21.6 Å². The Balaban J connectivity index is 1.79. The summed E-state index contributed by atoms with van der Waals surface area (Å²) in [6.07, 6.45) is 1.18. The minimum atomic E-state index is 0.487. The van der Waals surface area contributed by atoms with Gasteiger partial charge in [-0.05, 0) is 51.1 Å². The van der Waals surface area contributed by atoms with Crippen molar-refractivity contribution in [1.82, 2.24) is 14.9 Å². The number of nitrogens with zero attached hydrogens (tertiary/aromatic N) is 4. The lowest BCUT2D eigenvalue weighted by Gasteiger charge is -2.45. The molecule has 0 saturated carbocycles. The molecule has 0 N–H and O–H groups in total. The highest BCUT2D eigenvalue weighted by molar-refractivity contribution is 6.33. The van der Waals surface area contributed by atoms with Crippen LogP contribution in [0, 0.1) is 0 Å². The molecule has 3 aromatic rings. The molecule has 2 heterocycles. The van der Waals surface area contributed by atoms with Crippen LogP contribution in [0.15, 0.2) is 48.5 Å². The predicted octanol–water partition coefficient (Wildman–Crippen LogP) is 5.26. The van der Waals surface area contributed by atoms with Gasteiger partial charge in [0.05, 0.1) is 10.5 Å². The number of anilines is 1. The van der Waals surface area contributed by atoms with Gasteiger partial charge < -0.3 is 4.90 Å². The van der Waals surface area contributed by atoms with E-state index in [-0.39, 0.29) is 0 Å². The SMILES string of the molecule is CCCN1[C@H](C)CN(c2nc(-c3ccccc3Cl)nc3ccccc23)C[C@@H]1C. The molecule has 1 aliphatic rings. The van der Waals surface area contributed by atoms with E-state index >= 15 is 0 Å². The Morgan fingerprint density at radius 2 is 1.64 bits per heavy atom. The van der Waals surface area contributed by atoms with Crippen molar-refractivity contribution >= 4 is 28.3 Å². The summed E-state index contributed by atoms with van der Waals surface area (Å²) in [4.78, 5) is 14.8. The number of hydrogen-bond acceptors (Lipinski definition) is 4. The van der Waals surface area contributed by atoms with Crippen LogP contribution in [0.3, 0.4) is 0 Å². The van der Waals surface area contributed by atoms with E-state index in [1.54, 1.807) is 0 Å². The van der Waals surface area contributed by atoms with Gasteiger partial charge in [0.15, 0.2) is 5.82 Å². The van der Waals surface area contributed by atoms with Crippen LogP contribution in [0.2, 0.25) is 5.02 Å². The first-order valence-corrected chi connectivity index (χ1v) is 10.5. The van der Waals surface area contributed by atoms with Crippen molar-refractivity contribution in [2.75, 3.05) is 24.5 Å². The normalized spacial score (nSPS) is 20.6. The van der Waals surface area contributed by atoms with E-state index in [0.29, 0.717) is 22.9 Å². The molecule has 1 aliphatic heterocycles. The van der Waals surface area contributed by atoms with Crippen LogP contribution in [0.4, 0.5) is 5.82 Å². The van der Waals surface area contributed by atoms with Gasteiger partial charge in [0.2, 0.25) is 0 Å². The van der Waals surface area contributed by atoms with E-state index in [0.717, 1.165) is 41.9 Å². The maximum absolute atomic E-state index is 6.45. The molecule has 0 spiro atoms. The van der Waals surface area contributed by atoms with Gasteiger partial charge in [-0.15, -0.1) is 0 Å². The Bertz CT molecular complexity index is 962. The summed E-state index contributed by atoms with van der Waals surface area (Å²) in [5.74, 6) is 1.70. The summed E-state index contributed by atoms with van der Waals surface area (Å²) in [5, 5.41) is 1.78. The molecule has 0 aliphatic carbocycles. The number of rotatable bonds is 4. The van der Waals surface area contributed by atoms with Crippen molar-refractivity contribution in [3.05, 3.63) is 53.6 Å². The minimum absolute atomic E-state index is 0.487. The lowest BCUT2D eigenvalue weighted by molar-refractivity contribution is 0.132. The number of hydrogen-bond donors (Lipinski definition) is 0. The fourth-order valence-corrected chi connectivity index (χ4v) is 4.51. The highest BCUT2D eigenvalue weighted by Gasteiger charge is 2.30. The van der Waals surface area contributed by atoms with Crippen LogP contribution in [-0.4, -0.2) is 46.6 Å². The third-order valence-electron chi connectivity index (χ3n) is 5.58. The fraction of sp³-hybridized carbons (Fsp3) is 0.391. The maximum Gasteiger partial charge on any atom is 0.163 e. The molecule has 5 heteroatoms. The zero-order valence-electron chi connectivity index (χ0n) is 16.8. The molecule has 0 amide bonds. The van der Waals surface area contributed by atoms with Gasteiger partial charge in [-0.2, -0.15) is 0 Å². The molecule has 4 rings (SSSR count). The Kier molecular flexibility index (Phi) is 5.51. The van der Waals surface area contributed by atoms with Crippen LogP contribution >= 0.6 is 11.6 Å². The van der Waals surface area contributed by atoms with Crippen LogP contribution in [0.1, 0.15) is 27.2 Å². The Labute approximate surface area is 172 Å². The van der Waals surface area contributed by atoms with Crippen molar-refractivity contribution in [1.29, 1.82) is 0 Å². The van der Waals surface area contributed by atoms with E-state index in [1.807, 2.05) is 30.3 Å². The maximum atomic E-state index is 6.45. The number of aromatic nitrogens is 2. The lowest BCUT2D eigenvalue weighted by atomic mass is 10.1. The van der Waals surface area contributed by atoms with Gasteiger partial charge >= 0.3 is 0 Å².